The Kier molecular flexibility index (Phi) is 4.78. The van der Waals surface area contributed by atoms with E-state index in [-0.39, 0.29) is 11.6 Å². The minimum absolute atomic E-state index is 0.0568. The molecule has 23 heavy (non-hydrogen) atoms. The number of H-pyrrole nitrogens is 1. The van der Waals surface area contributed by atoms with Crippen molar-refractivity contribution >= 4 is 5.91 Å². The molecule has 0 spiro atoms. The van der Waals surface area contributed by atoms with Gasteiger partial charge in [-0.3, -0.25) is 19.6 Å². The number of hydrogen-bond donors (Lipinski definition) is 1. The lowest BCUT2D eigenvalue weighted by molar-refractivity contribution is 0.0740. The lowest BCUT2D eigenvalue weighted by Crippen LogP contribution is -2.41. The van der Waals surface area contributed by atoms with E-state index in [2.05, 4.69) is 9.97 Å². The second kappa shape index (κ2) is 6.60. The van der Waals surface area contributed by atoms with Crippen LogP contribution in [0.2, 0.25) is 0 Å². The van der Waals surface area contributed by atoms with Gasteiger partial charge in [-0.2, -0.15) is 0 Å². The topological polar surface area (TPSA) is 88.1 Å². The molecule has 0 unspecified atom stereocenters. The summed E-state index contributed by atoms with van der Waals surface area (Å²) >= 11 is 0. The van der Waals surface area contributed by atoms with Gasteiger partial charge in [0, 0.05) is 44.6 Å². The van der Waals surface area contributed by atoms with E-state index in [1.807, 2.05) is 26.0 Å². The van der Waals surface area contributed by atoms with Crippen LogP contribution in [0.25, 0.3) is 0 Å². The summed E-state index contributed by atoms with van der Waals surface area (Å²) in [4.78, 5) is 43.6. The number of carbonyl (C=O) groups is 1. The summed E-state index contributed by atoms with van der Waals surface area (Å²) in [5, 5.41) is 0. The van der Waals surface area contributed by atoms with Crippen LogP contribution in [0.4, 0.5) is 0 Å². The number of hydrogen-bond acceptors (Lipinski definition) is 4. The van der Waals surface area contributed by atoms with Gasteiger partial charge >= 0.3 is 5.69 Å². The molecule has 0 aliphatic heterocycles. The summed E-state index contributed by atoms with van der Waals surface area (Å²) in [5.41, 5.74) is 0.702. The monoisotopic (exact) mass is 316 g/mol. The molecule has 2 aromatic heterocycles. The van der Waals surface area contributed by atoms with Crippen LogP contribution in [0.5, 0.6) is 0 Å². The lowest BCUT2D eigenvalue weighted by Gasteiger charge is -2.24. The fourth-order valence-corrected chi connectivity index (χ4v) is 2.26. The lowest BCUT2D eigenvalue weighted by atomic mass is 10.1. The molecule has 0 aliphatic carbocycles. The number of rotatable bonds is 4. The first-order valence-electron chi connectivity index (χ1n) is 7.28. The SMILES string of the molecule is Cc1ccnc(C[C@H](C)N(C)C(=O)c2cn(C)c(=O)[nH]c2=O)c1. The van der Waals surface area contributed by atoms with E-state index < -0.39 is 17.2 Å². The molecule has 0 saturated heterocycles. The molecule has 2 aromatic rings. The number of aromatic amines is 1. The molecule has 1 amide bonds. The zero-order valence-corrected chi connectivity index (χ0v) is 13.7. The number of aryl methyl sites for hydroxylation is 2. The average Bonchev–Trinajstić information content (AvgIpc) is 2.49. The molecule has 0 radical (unpaired) electrons. The Balaban J connectivity index is 2.20. The smallest absolute Gasteiger partial charge is 0.328 e. The second-order valence-corrected chi connectivity index (χ2v) is 5.71. The third kappa shape index (κ3) is 3.74. The van der Waals surface area contributed by atoms with Crippen molar-refractivity contribution < 1.29 is 4.79 Å². The number of amides is 1. The molecular weight excluding hydrogens is 296 g/mol. The highest BCUT2D eigenvalue weighted by Gasteiger charge is 2.21. The van der Waals surface area contributed by atoms with Gasteiger partial charge in [0.2, 0.25) is 0 Å². The highest BCUT2D eigenvalue weighted by Crippen LogP contribution is 2.09. The zero-order chi connectivity index (χ0) is 17.1. The van der Waals surface area contributed by atoms with Gasteiger partial charge in [0.15, 0.2) is 0 Å². The first-order chi connectivity index (χ1) is 10.8. The van der Waals surface area contributed by atoms with Gasteiger partial charge in [-0.25, -0.2) is 4.79 Å². The Morgan fingerprint density at radius 1 is 1.43 bits per heavy atom. The van der Waals surface area contributed by atoms with Crippen LogP contribution in [0.3, 0.4) is 0 Å². The Labute approximate surface area is 133 Å². The van der Waals surface area contributed by atoms with Crippen molar-refractivity contribution in [2.24, 2.45) is 7.05 Å². The van der Waals surface area contributed by atoms with Gasteiger partial charge in [-0.05, 0) is 31.5 Å². The van der Waals surface area contributed by atoms with Crippen molar-refractivity contribution in [1.29, 1.82) is 0 Å². The van der Waals surface area contributed by atoms with Gasteiger partial charge in [-0.1, -0.05) is 0 Å². The molecule has 7 nitrogen and oxygen atoms in total. The third-order valence-corrected chi connectivity index (χ3v) is 3.80. The minimum Gasteiger partial charge on any atom is -0.338 e. The number of nitrogens with one attached hydrogen (secondary N) is 1. The van der Waals surface area contributed by atoms with Gasteiger partial charge in [0.05, 0.1) is 0 Å². The van der Waals surface area contributed by atoms with E-state index in [0.29, 0.717) is 6.42 Å². The summed E-state index contributed by atoms with van der Waals surface area (Å²) < 4.78 is 1.18. The summed E-state index contributed by atoms with van der Waals surface area (Å²) in [6.07, 6.45) is 3.57. The predicted octanol–water partition coefficient (Wildman–Crippen LogP) is 0.480. The van der Waals surface area contributed by atoms with Crippen LogP contribution < -0.4 is 11.2 Å². The third-order valence-electron chi connectivity index (χ3n) is 3.80. The van der Waals surface area contributed by atoms with Crippen molar-refractivity contribution in [2.45, 2.75) is 26.3 Å². The molecule has 2 heterocycles. The molecular formula is C16H20N4O3. The van der Waals surface area contributed by atoms with Crippen molar-refractivity contribution in [3.63, 3.8) is 0 Å². The fraction of sp³-hybridized carbons (Fsp3) is 0.375. The number of likely N-dealkylation sites (N-methyl/N-ethyl adjacent to an activating group) is 1. The largest absolute Gasteiger partial charge is 0.338 e. The maximum atomic E-state index is 12.5. The Hall–Kier alpha value is -2.70. The molecule has 7 heteroatoms. The highest BCUT2D eigenvalue weighted by molar-refractivity contribution is 5.93. The molecule has 1 atom stereocenters. The van der Waals surface area contributed by atoms with Crippen LogP contribution in [-0.2, 0) is 13.5 Å². The number of nitrogens with zero attached hydrogens (tertiary/aromatic N) is 3. The number of aromatic nitrogens is 3. The molecule has 0 saturated carbocycles. The second-order valence-electron chi connectivity index (χ2n) is 5.71. The van der Waals surface area contributed by atoms with E-state index in [1.54, 1.807) is 13.2 Å². The molecule has 0 bridgehead atoms. The molecule has 0 aromatic carbocycles. The zero-order valence-electron chi connectivity index (χ0n) is 13.7. The molecule has 0 fully saturated rings. The van der Waals surface area contributed by atoms with Crippen molar-refractivity contribution in [1.82, 2.24) is 19.4 Å². The van der Waals surface area contributed by atoms with Crippen molar-refractivity contribution in [2.75, 3.05) is 7.05 Å². The summed E-state index contributed by atoms with van der Waals surface area (Å²) in [5.74, 6) is -0.429. The summed E-state index contributed by atoms with van der Waals surface area (Å²) in [6, 6.07) is 3.73. The first-order valence-corrected chi connectivity index (χ1v) is 7.28. The van der Waals surface area contributed by atoms with Crippen LogP contribution in [0.15, 0.2) is 34.1 Å². The van der Waals surface area contributed by atoms with Gasteiger partial charge in [-0.15, -0.1) is 0 Å². The van der Waals surface area contributed by atoms with E-state index in [0.717, 1.165) is 11.3 Å². The average molecular weight is 316 g/mol. The Morgan fingerprint density at radius 2 is 2.13 bits per heavy atom. The van der Waals surface area contributed by atoms with E-state index >= 15 is 0 Å². The highest BCUT2D eigenvalue weighted by atomic mass is 16.2. The quantitative estimate of drug-likeness (QED) is 0.888. The molecule has 1 N–H and O–H groups in total. The van der Waals surface area contributed by atoms with Crippen LogP contribution in [0, 0.1) is 6.92 Å². The Bertz CT molecular complexity index is 838. The van der Waals surface area contributed by atoms with Gasteiger partial charge in [0.25, 0.3) is 11.5 Å². The minimum atomic E-state index is -0.675. The molecule has 2 rings (SSSR count). The molecule has 122 valence electrons. The summed E-state index contributed by atoms with van der Waals surface area (Å²) in [6.45, 7) is 3.87. The predicted molar refractivity (Wildman–Crippen MR) is 86.5 cm³/mol. The number of carbonyl (C=O) groups excluding carboxylic acids is 1. The van der Waals surface area contributed by atoms with Gasteiger partial charge < -0.3 is 9.47 Å². The van der Waals surface area contributed by atoms with E-state index in [1.165, 1.54) is 22.7 Å². The normalized spacial score (nSPS) is 12.0. The van der Waals surface area contributed by atoms with Crippen LogP contribution in [0.1, 0.15) is 28.5 Å². The van der Waals surface area contributed by atoms with Crippen molar-refractivity contribution in [3.8, 4) is 0 Å². The summed E-state index contributed by atoms with van der Waals surface area (Å²) in [7, 11) is 3.11. The van der Waals surface area contributed by atoms with Crippen LogP contribution >= 0.6 is 0 Å². The maximum Gasteiger partial charge on any atom is 0.328 e. The maximum absolute atomic E-state index is 12.5. The fourth-order valence-electron chi connectivity index (χ4n) is 2.26. The van der Waals surface area contributed by atoms with Gasteiger partial charge in [0.1, 0.15) is 5.56 Å². The van der Waals surface area contributed by atoms with E-state index in [9.17, 15) is 14.4 Å². The first kappa shape index (κ1) is 16.7. The number of pyridine rings is 1. The Morgan fingerprint density at radius 3 is 2.78 bits per heavy atom. The van der Waals surface area contributed by atoms with Crippen LogP contribution in [-0.4, -0.2) is 38.4 Å². The van der Waals surface area contributed by atoms with E-state index in [4.69, 9.17) is 0 Å². The standard InChI is InChI=1S/C16H20N4O3/c1-10-5-6-17-12(7-10)8-11(2)20(4)15(22)13-9-19(3)16(23)18-14(13)21/h5-7,9,11H,8H2,1-4H3,(H,18,21,23)/t11-/m0/s1. The van der Waals surface area contributed by atoms with Crippen molar-refractivity contribution in [3.05, 3.63) is 62.2 Å². The molecule has 0 aliphatic rings.